The number of alkyl halides is 1. The lowest BCUT2D eigenvalue weighted by Gasteiger charge is -2.09. The minimum Gasteiger partial charge on any atom is -0.316 e. The van der Waals surface area contributed by atoms with Gasteiger partial charge in [-0.15, -0.1) is 0 Å². The fourth-order valence-corrected chi connectivity index (χ4v) is 1.30. The summed E-state index contributed by atoms with van der Waals surface area (Å²) in [5, 5.41) is 0.804. The molecule has 0 saturated heterocycles. The molecule has 0 aromatic heterocycles. The second-order valence-corrected chi connectivity index (χ2v) is 3.34. The Kier molecular flexibility index (Phi) is 7.51. The molecule has 0 radical (unpaired) electrons. The van der Waals surface area contributed by atoms with Crippen molar-refractivity contribution < 1.29 is 13.6 Å². The molecule has 0 N–H and O–H groups in total. The van der Waals surface area contributed by atoms with E-state index >= 15 is 0 Å². The summed E-state index contributed by atoms with van der Waals surface area (Å²) in [6, 6.07) is 0. The molecule has 0 rings (SSSR count). The zero-order valence-electron chi connectivity index (χ0n) is 5.46. The van der Waals surface area contributed by atoms with Gasteiger partial charge in [-0.2, -0.15) is 0 Å². The monoisotopic (exact) mass is 216 g/mol. The van der Waals surface area contributed by atoms with Crippen LogP contribution in [0.25, 0.3) is 0 Å². The first-order chi connectivity index (χ1) is 4.35. The summed E-state index contributed by atoms with van der Waals surface area (Å²) in [5.74, 6) is 0. The molecule has 0 heterocycles. The number of rotatable bonds is 5. The van der Waals surface area contributed by atoms with Crippen molar-refractivity contribution in [3.05, 3.63) is 0 Å². The summed E-state index contributed by atoms with van der Waals surface area (Å²) in [6.45, 7) is 0.618. The molecule has 0 spiro atoms. The van der Waals surface area contributed by atoms with Gasteiger partial charge < -0.3 is 13.6 Å². The molecule has 0 aliphatic heterocycles. The van der Waals surface area contributed by atoms with Crippen LogP contribution in [0.2, 0.25) is 0 Å². The Morgan fingerprint density at radius 3 is 2.22 bits per heavy atom. The summed E-state index contributed by atoms with van der Waals surface area (Å²) in [6.07, 6.45) is 0. The highest BCUT2D eigenvalue weighted by Gasteiger charge is 2.04. The number of hydrogen-bond acceptors (Lipinski definition) is 3. The summed E-state index contributed by atoms with van der Waals surface area (Å²) in [4.78, 5) is 0. The van der Waals surface area contributed by atoms with Gasteiger partial charge in [0.2, 0.25) is 0 Å². The predicted molar refractivity (Wildman–Crippen MR) is 40.7 cm³/mol. The third kappa shape index (κ3) is 5.25. The average molecular weight is 217 g/mol. The second-order valence-electron chi connectivity index (χ2n) is 1.11. The van der Waals surface area contributed by atoms with Gasteiger partial charge in [0.15, 0.2) is 0 Å². The van der Waals surface area contributed by atoms with Crippen LogP contribution in [-0.4, -0.2) is 26.2 Å². The third-order valence-corrected chi connectivity index (χ3v) is 1.89. The Morgan fingerprint density at radius 2 is 1.89 bits per heavy atom. The summed E-state index contributed by atoms with van der Waals surface area (Å²) < 4.78 is 14.7. The first-order valence-corrected chi connectivity index (χ1v) is 4.64. The molecule has 9 heavy (non-hydrogen) atoms. The van der Waals surface area contributed by atoms with Gasteiger partial charge in [0, 0.05) is 19.5 Å². The molecule has 0 amide bonds. The first-order valence-electron chi connectivity index (χ1n) is 2.42. The summed E-state index contributed by atoms with van der Waals surface area (Å²) in [7, 11) is 2.03. The largest absolute Gasteiger partial charge is 0.332 e. The Hall–Kier alpha value is 0.790. The van der Waals surface area contributed by atoms with Crippen LogP contribution in [0, 0.1) is 0 Å². The zero-order chi connectivity index (χ0) is 7.11. The molecule has 56 valence electrons. The van der Waals surface area contributed by atoms with Crippen LogP contribution in [0.4, 0.5) is 0 Å². The molecule has 3 nitrogen and oxygen atoms in total. The van der Waals surface area contributed by atoms with E-state index in [0.717, 1.165) is 5.33 Å². The van der Waals surface area contributed by atoms with E-state index < -0.39 is 8.60 Å². The lowest BCUT2D eigenvalue weighted by molar-refractivity contribution is 0.216. The van der Waals surface area contributed by atoms with Crippen LogP contribution in [0.5, 0.6) is 0 Å². The summed E-state index contributed by atoms with van der Waals surface area (Å²) in [5.41, 5.74) is 0. The lowest BCUT2D eigenvalue weighted by atomic mass is 10.9. The van der Waals surface area contributed by atoms with Crippen LogP contribution < -0.4 is 0 Å². The van der Waals surface area contributed by atoms with Gasteiger partial charge in [0.25, 0.3) is 0 Å². The van der Waals surface area contributed by atoms with E-state index in [1.807, 2.05) is 0 Å². The highest BCUT2D eigenvalue weighted by Crippen LogP contribution is 2.36. The quantitative estimate of drug-likeness (QED) is 0.520. The standard InChI is InChI=1S/C4H10BrO3P/c1-6-9(7-2)8-4-3-5/h3-4H2,1-2H3. The maximum atomic E-state index is 5.06. The predicted octanol–water partition coefficient (Wildman–Crippen LogP) is 1.92. The molecule has 0 aromatic carbocycles. The lowest BCUT2D eigenvalue weighted by Crippen LogP contribution is -1.92. The van der Waals surface area contributed by atoms with Crippen LogP contribution in [0.3, 0.4) is 0 Å². The van der Waals surface area contributed by atoms with E-state index in [1.165, 1.54) is 0 Å². The normalized spacial score (nSPS) is 10.7. The van der Waals surface area contributed by atoms with Crippen molar-refractivity contribution in [2.24, 2.45) is 0 Å². The Bertz CT molecular complexity index is 59.8. The van der Waals surface area contributed by atoms with Crippen LogP contribution in [0.1, 0.15) is 0 Å². The highest BCUT2D eigenvalue weighted by atomic mass is 79.9. The maximum absolute atomic E-state index is 5.06. The van der Waals surface area contributed by atoms with Gasteiger partial charge in [0.1, 0.15) is 0 Å². The average Bonchev–Trinajstić information content (AvgIpc) is 1.91. The maximum Gasteiger partial charge on any atom is 0.332 e. The van der Waals surface area contributed by atoms with Crippen molar-refractivity contribution in [2.45, 2.75) is 0 Å². The topological polar surface area (TPSA) is 27.7 Å². The van der Waals surface area contributed by atoms with Crippen molar-refractivity contribution in [1.29, 1.82) is 0 Å². The molecular weight excluding hydrogens is 207 g/mol. The Morgan fingerprint density at radius 1 is 1.33 bits per heavy atom. The van der Waals surface area contributed by atoms with Crippen molar-refractivity contribution in [3.8, 4) is 0 Å². The van der Waals surface area contributed by atoms with Crippen LogP contribution in [0.15, 0.2) is 0 Å². The van der Waals surface area contributed by atoms with Gasteiger partial charge >= 0.3 is 8.60 Å². The number of halogens is 1. The van der Waals surface area contributed by atoms with Crippen LogP contribution >= 0.6 is 24.5 Å². The zero-order valence-corrected chi connectivity index (χ0v) is 7.94. The second kappa shape index (κ2) is 6.90. The molecule has 0 aliphatic carbocycles. The van der Waals surface area contributed by atoms with Gasteiger partial charge in [0.05, 0.1) is 6.61 Å². The van der Waals surface area contributed by atoms with E-state index in [1.54, 1.807) is 14.2 Å². The van der Waals surface area contributed by atoms with Gasteiger partial charge in [-0.05, 0) is 0 Å². The smallest absolute Gasteiger partial charge is 0.316 e. The minimum atomic E-state index is -1.09. The van der Waals surface area contributed by atoms with Crippen molar-refractivity contribution in [3.63, 3.8) is 0 Å². The van der Waals surface area contributed by atoms with E-state index in [-0.39, 0.29) is 0 Å². The molecule has 0 atom stereocenters. The Labute approximate surface area is 64.8 Å². The molecule has 5 heteroatoms. The van der Waals surface area contributed by atoms with Crippen molar-refractivity contribution in [2.75, 3.05) is 26.2 Å². The van der Waals surface area contributed by atoms with Crippen molar-refractivity contribution >= 4 is 24.5 Å². The van der Waals surface area contributed by atoms with E-state index in [2.05, 4.69) is 15.9 Å². The molecule has 0 unspecified atom stereocenters. The first kappa shape index (κ1) is 9.79. The van der Waals surface area contributed by atoms with Crippen molar-refractivity contribution in [1.82, 2.24) is 0 Å². The highest BCUT2D eigenvalue weighted by molar-refractivity contribution is 9.09. The molecule has 0 fully saturated rings. The van der Waals surface area contributed by atoms with E-state index in [9.17, 15) is 0 Å². The summed E-state index contributed by atoms with van der Waals surface area (Å²) >= 11 is 3.21. The fraction of sp³-hybridized carbons (Fsp3) is 1.00. The van der Waals surface area contributed by atoms with Gasteiger partial charge in [-0.3, -0.25) is 0 Å². The van der Waals surface area contributed by atoms with Gasteiger partial charge in [-0.25, -0.2) is 0 Å². The molecule has 0 saturated carbocycles. The Balaban J connectivity index is 3.09. The molecule has 0 aromatic rings. The third-order valence-electron chi connectivity index (χ3n) is 0.572. The minimum absolute atomic E-state index is 0.618. The molecule has 0 bridgehead atoms. The van der Waals surface area contributed by atoms with Crippen LogP contribution in [-0.2, 0) is 13.6 Å². The molecule has 0 aliphatic rings. The fourth-order valence-electron chi connectivity index (χ4n) is 0.289. The van der Waals surface area contributed by atoms with Gasteiger partial charge in [-0.1, -0.05) is 15.9 Å². The molecular formula is C4H10BrO3P. The van der Waals surface area contributed by atoms with E-state index in [4.69, 9.17) is 13.6 Å². The SMILES string of the molecule is COP(OC)OCCBr. The van der Waals surface area contributed by atoms with E-state index in [0.29, 0.717) is 6.61 Å². The number of hydrogen-bond donors (Lipinski definition) is 0.